The lowest BCUT2D eigenvalue weighted by atomic mass is 9.95. The zero-order valence-corrected chi connectivity index (χ0v) is 9.44. The van der Waals surface area contributed by atoms with Crippen LogP contribution in [0.3, 0.4) is 0 Å². The second-order valence-electron chi connectivity index (χ2n) is 4.34. The van der Waals surface area contributed by atoms with E-state index in [0.29, 0.717) is 6.04 Å². The minimum atomic E-state index is -0.259. The van der Waals surface area contributed by atoms with Gasteiger partial charge in [-0.05, 0) is 32.3 Å². The molecule has 2 unspecified atom stereocenters. The quantitative estimate of drug-likeness (QED) is 0.827. The predicted molar refractivity (Wildman–Crippen MR) is 58.9 cm³/mol. The van der Waals surface area contributed by atoms with Gasteiger partial charge in [-0.3, -0.25) is 0 Å². The molecule has 0 fully saturated rings. The molecule has 0 saturated carbocycles. The molecule has 2 atom stereocenters. The largest absolute Gasteiger partial charge is 0.388 e. The molecule has 1 heterocycles. The SMILES string of the molecule is COCC(C)n1ccc2c1CCCC2O. The number of ether oxygens (including phenoxy) is 1. The normalized spacial score (nSPS) is 22.5. The molecule has 84 valence electrons. The predicted octanol–water partition coefficient (Wildman–Crippen LogP) is 2.07. The topological polar surface area (TPSA) is 34.4 Å². The van der Waals surface area contributed by atoms with Crippen LogP contribution in [0.15, 0.2) is 12.3 Å². The number of nitrogens with zero attached hydrogens (tertiary/aromatic N) is 1. The third-order valence-corrected chi connectivity index (χ3v) is 3.19. The summed E-state index contributed by atoms with van der Waals surface area (Å²) in [5.41, 5.74) is 2.41. The summed E-state index contributed by atoms with van der Waals surface area (Å²) in [5, 5.41) is 9.84. The van der Waals surface area contributed by atoms with Crippen molar-refractivity contribution in [2.45, 2.75) is 38.3 Å². The number of hydrogen-bond acceptors (Lipinski definition) is 2. The molecule has 1 aromatic rings. The third kappa shape index (κ3) is 1.94. The van der Waals surface area contributed by atoms with E-state index in [0.717, 1.165) is 31.4 Å². The Hall–Kier alpha value is -0.800. The van der Waals surface area contributed by atoms with E-state index in [-0.39, 0.29) is 6.10 Å². The zero-order chi connectivity index (χ0) is 10.8. The second-order valence-corrected chi connectivity index (χ2v) is 4.34. The van der Waals surface area contributed by atoms with Crippen molar-refractivity contribution in [3.8, 4) is 0 Å². The molecule has 0 aliphatic heterocycles. The van der Waals surface area contributed by atoms with Gasteiger partial charge in [0.05, 0.1) is 18.8 Å². The van der Waals surface area contributed by atoms with Crippen LogP contribution in [0.5, 0.6) is 0 Å². The second kappa shape index (κ2) is 4.37. The average Bonchev–Trinajstić information content (AvgIpc) is 2.63. The van der Waals surface area contributed by atoms with Crippen molar-refractivity contribution in [3.63, 3.8) is 0 Å². The van der Waals surface area contributed by atoms with E-state index in [4.69, 9.17) is 4.74 Å². The Morgan fingerprint density at radius 3 is 3.20 bits per heavy atom. The van der Waals surface area contributed by atoms with Crippen LogP contribution in [0.2, 0.25) is 0 Å². The van der Waals surface area contributed by atoms with Gasteiger partial charge in [0.1, 0.15) is 0 Å². The fraction of sp³-hybridized carbons (Fsp3) is 0.667. The zero-order valence-electron chi connectivity index (χ0n) is 9.44. The molecule has 0 saturated heterocycles. The van der Waals surface area contributed by atoms with Crippen LogP contribution in [-0.4, -0.2) is 23.4 Å². The van der Waals surface area contributed by atoms with Gasteiger partial charge in [0, 0.05) is 24.6 Å². The van der Waals surface area contributed by atoms with Gasteiger partial charge in [-0.15, -0.1) is 0 Å². The maximum Gasteiger partial charge on any atom is 0.0807 e. The number of aromatic nitrogens is 1. The van der Waals surface area contributed by atoms with Crippen LogP contribution in [0.1, 0.15) is 43.2 Å². The molecule has 1 aromatic heterocycles. The van der Waals surface area contributed by atoms with E-state index in [1.807, 2.05) is 6.07 Å². The highest BCUT2D eigenvalue weighted by Gasteiger charge is 2.22. The Bertz CT molecular complexity index is 332. The van der Waals surface area contributed by atoms with Gasteiger partial charge in [-0.1, -0.05) is 0 Å². The van der Waals surface area contributed by atoms with Crippen molar-refractivity contribution in [3.05, 3.63) is 23.5 Å². The van der Waals surface area contributed by atoms with Gasteiger partial charge in [0.2, 0.25) is 0 Å². The highest BCUT2D eigenvalue weighted by molar-refractivity contribution is 5.27. The summed E-state index contributed by atoms with van der Waals surface area (Å²) in [6.07, 6.45) is 4.87. The Balaban J connectivity index is 2.26. The number of aliphatic hydroxyl groups excluding tert-OH is 1. The van der Waals surface area contributed by atoms with Crippen LogP contribution in [0, 0.1) is 0 Å². The van der Waals surface area contributed by atoms with Gasteiger partial charge in [0.15, 0.2) is 0 Å². The number of aliphatic hydroxyl groups is 1. The Morgan fingerprint density at radius 1 is 1.67 bits per heavy atom. The van der Waals surface area contributed by atoms with Gasteiger partial charge in [-0.2, -0.15) is 0 Å². The van der Waals surface area contributed by atoms with Crippen molar-refractivity contribution in [1.82, 2.24) is 4.57 Å². The summed E-state index contributed by atoms with van der Waals surface area (Å²) in [6.45, 7) is 2.86. The van der Waals surface area contributed by atoms with Crippen molar-refractivity contribution in [2.75, 3.05) is 13.7 Å². The molecular formula is C12H19NO2. The summed E-state index contributed by atoms with van der Waals surface area (Å²) in [7, 11) is 1.72. The fourth-order valence-corrected chi connectivity index (χ4v) is 2.43. The van der Waals surface area contributed by atoms with Crippen molar-refractivity contribution >= 4 is 0 Å². The molecule has 0 aromatic carbocycles. The van der Waals surface area contributed by atoms with Crippen LogP contribution >= 0.6 is 0 Å². The molecule has 1 N–H and O–H groups in total. The average molecular weight is 209 g/mol. The molecule has 0 radical (unpaired) electrons. The van der Waals surface area contributed by atoms with Gasteiger partial charge in [0.25, 0.3) is 0 Å². The highest BCUT2D eigenvalue weighted by Crippen LogP contribution is 2.31. The monoisotopic (exact) mass is 209 g/mol. The van der Waals surface area contributed by atoms with Crippen LogP contribution in [0.25, 0.3) is 0 Å². The minimum Gasteiger partial charge on any atom is -0.388 e. The first kappa shape index (κ1) is 10.7. The highest BCUT2D eigenvalue weighted by atomic mass is 16.5. The van der Waals surface area contributed by atoms with Crippen LogP contribution in [0.4, 0.5) is 0 Å². The smallest absolute Gasteiger partial charge is 0.0807 e. The van der Waals surface area contributed by atoms with E-state index < -0.39 is 0 Å². The standard InChI is InChI=1S/C12H19NO2/c1-9(8-15-2)13-7-6-10-11(13)4-3-5-12(10)14/h6-7,9,12,14H,3-5,8H2,1-2H3. The maximum atomic E-state index is 9.84. The molecule has 0 amide bonds. The van der Waals surface area contributed by atoms with E-state index >= 15 is 0 Å². The fourth-order valence-electron chi connectivity index (χ4n) is 2.43. The van der Waals surface area contributed by atoms with Crippen molar-refractivity contribution < 1.29 is 9.84 Å². The Kier molecular flexibility index (Phi) is 3.12. The van der Waals surface area contributed by atoms with E-state index in [1.165, 1.54) is 5.69 Å². The molecule has 3 nitrogen and oxygen atoms in total. The molecule has 15 heavy (non-hydrogen) atoms. The van der Waals surface area contributed by atoms with E-state index in [9.17, 15) is 5.11 Å². The first-order valence-electron chi connectivity index (χ1n) is 5.60. The first-order valence-corrected chi connectivity index (χ1v) is 5.60. The van der Waals surface area contributed by atoms with Crippen LogP contribution in [-0.2, 0) is 11.2 Å². The number of hydrogen-bond donors (Lipinski definition) is 1. The summed E-state index contributed by atoms with van der Waals surface area (Å²) in [5.74, 6) is 0. The number of fused-ring (bicyclic) bond motifs is 1. The van der Waals surface area contributed by atoms with Gasteiger partial charge >= 0.3 is 0 Å². The summed E-state index contributed by atoms with van der Waals surface area (Å²) < 4.78 is 7.40. The molecule has 2 rings (SSSR count). The van der Waals surface area contributed by atoms with Crippen molar-refractivity contribution in [1.29, 1.82) is 0 Å². The molecule has 3 heteroatoms. The lowest BCUT2D eigenvalue weighted by Crippen LogP contribution is -2.16. The van der Waals surface area contributed by atoms with Gasteiger partial charge in [-0.25, -0.2) is 0 Å². The molecular weight excluding hydrogens is 190 g/mol. The molecule has 1 aliphatic carbocycles. The minimum absolute atomic E-state index is 0.259. The van der Waals surface area contributed by atoms with E-state index in [2.05, 4.69) is 17.7 Å². The summed E-state index contributed by atoms with van der Waals surface area (Å²) in [4.78, 5) is 0. The lowest BCUT2D eigenvalue weighted by Gasteiger charge is -2.23. The number of rotatable bonds is 3. The van der Waals surface area contributed by atoms with Gasteiger partial charge < -0.3 is 14.4 Å². The Labute approximate surface area is 90.7 Å². The maximum absolute atomic E-state index is 9.84. The summed E-state index contributed by atoms with van der Waals surface area (Å²) in [6, 6.07) is 2.40. The molecule has 0 bridgehead atoms. The molecule has 0 spiro atoms. The first-order chi connectivity index (χ1) is 7.24. The summed E-state index contributed by atoms with van der Waals surface area (Å²) >= 11 is 0. The van der Waals surface area contributed by atoms with E-state index in [1.54, 1.807) is 7.11 Å². The van der Waals surface area contributed by atoms with Crippen LogP contribution < -0.4 is 0 Å². The van der Waals surface area contributed by atoms with Crippen molar-refractivity contribution in [2.24, 2.45) is 0 Å². The number of methoxy groups -OCH3 is 1. The Morgan fingerprint density at radius 2 is 2.47 bits per heavy atom. The lowest BCUT2D eigenvalue weighted by molar-refractivity contribution is 0.148. The third-order valence-electron chi connectivity index (χ3n) is 3.19. The molecule has 1 aliphatic rings.